The molecule has 0 amide bonds. The van der Waals surface area contributed by atoms with E-state index in [0.717, 1.165) is 31.9 Å². The van der Waals surface area contributed by atoms with Crippen LogP contribution in [0.15, 0.2) is 29.3 Å². The van der Waals surface area contributed by atoms with E-state index in [4.69, 9.17) is 10.6 Å². The zero-order chi connectivity index (χ0) is 14.8. The molecule has 5 heteroatoms. The summed E-state index contributed by atoms with van der Waals surface area (Å²) in [4.78, 5) is 6.61. The molecule has 1 aromatic rings. The van der Waals surface area contributed by atoms with Crippen LogP contribution >= 0.6 is 0 Å². The molecule has 20 heavy (non-hydrogen) atoms. The summed E-state index contributed by atoms with van der Waals surface area (Å²) in [5.74, 6) is 6.32. The SMILES string of the molecule is CCOCCCN=C(NN)N(CC)c1ccccc1C. The number of aliphatic imine (C=N–C) groups is 1. The maximum Gasteiger partial charge on any atom is 0.212 e. The minimum Gasteiger partial charge on any atom is -0.382 e. The topological polar surface area (TPSA) is 62.9 Å². The number of hydrogen-bond donors (Lipinski definition) is 2. The number of nitrogens with zero attached hydrogens (tertiary/aromatic N) is 2. The van der Waals surface area contributed by atoms with E-state index in [1.807, 2.05) is 19.1 Å². The Kier molecular flexibility index (Phi) is 7.69. The molecular formula is C15H26N4O. The van der Waals surface area contributed by atoms with Gasteiger partial charge in [0.25, 0.3) is 0 Å². The second kappa shape index (κ2) is 9.34. The van der Waals surface area contributed by atoms with Crippen LogP contribution in [0.4, 0.5) is 5.69 Å². The van der Waals surface area contributed by atoms with E-state index in [0.29, 0.717) is 12.5 Å². The van der Waals surface area contributed by atoms with Gasteiger partial charge in [0.15, 0.2) is 0 Å². The number of hydrazine groups is 1. The van der Waals surface area contributed by atoms with Crippen molar-refractivity contribution in [1.29, 1.82) is 0 Å². The van der Waals surface area contributed by atoms with Crippen molar-refractivity contribution < 1.29 is 4.74 Å². The number of nitrogens with one attached hydrogen (secondary N) is 1. The van der Waals surface area contributed by atoms with Crippen LogP contribution in [0.1, 0.15) is 25.8 Å². The van der Waals surface area contributed by atoms with Crippen LogP contribution < -0.4 is 16.2 Å². The lowest BCUT2D eigenvalue weighted by atomic mass is 10.2. The predicted molar refractivity (Wildman–Crippen MR) is 84.9 cm³/mol. The summed E-state index contributed by atoms with van der Waals surface area (Å²) in [5, 5.41) is 0. The van der Waals surface area contributed by atoms with Crippen molar-refractivity contribution in [3.63, 3.8) is 0 Å². The van der Waals surface area contributed by atoms with Crippen LogP contribution in [-0.4, -0.2) is 32.3 Å². The molecule has 1 rings (SSSR count). The molecule has 5 nitrogen and oxygen atoms in total. The highest BCUT2D eigenvalue weighted by Gasteiger charge is 2.12. The fraction of sp³-hybridized carbons (Fsp3) is 0.533. The Bertz CT molecular complexity index is 420. The molecule has 0 aliphatic carbocycles. The van der Waals surface area contributed by atoms with Gasteiger partial charge in [0.05, 0.1) is 0 Å². The summed E-state index contributed by atoms with van der Waals surface area (Å²) in [6.45, 7) is 9.14. The summed E-state index contributed by atoms with van der Waals surface area (Å²) in [6, 6.07) is 8.21. The molecule has 0 radical (unpaired) electrons. The van der Waals surface area contributed by atoms with Gasteiger partial charge in [-0.3, -0.25) is 10.4 Å². The van der Waals surface area contributed by atoms with Gasteiger partial charge in [0, 0.05) is 32.0 Å². The van der Waals surface area contributed by atoms with Crippen LogP contribution in [0.3, 0.4) is 0 Å². The van der Waals surface area contributed by atoms with E-state index in [2.05, 4.69) is 41.3 Å². The number of hydrogen-bond acceptors (Lipinski definition) is 3. The van der Waals surface area contributed by atoms with E-state index in [1.54, 1.807) is 0 Å². The first kappa shape index (κ1) is 16.5. The van der Waals surface area contributed by atoms with Crippen molar-refractivity contribution in [3.8, 4) is 0 Å². The first-order valence-corrected chi connectivity index (χ1v) is 7.16. The fourth-order valence-electron chi connectivity index (χ4n) is 2.01. The zero-order valence-electron chi connectivity index (χ0n) is 12.7. The van der Waals surface area contributed by atoms with E-state index in [1.165, 1.54) is 5.56 Å². The quantitative estimate of drug-likeness (QED) is 0.263. The fourth-order valence-corrected chi connectivity index (χ4v) is 2.01. The largest absolute Gasteiger partial charge is 0.382 e. The van der Waals surface area contributed by atoms with Crippen molar-refractivity contribution in [3.05, 3.63) is 29.8 Å². The maximum absolute atomic E-state index is 5.62. The molecule has 3 N–H and O–H groups in total. The third-order valence-electron chi connectivity index (χ3n) is 3.02. The van der Waals surface area contributed by atoms with Crippen molar-refractivity contribution in [2.24, 2.45) is 10.8 Å². The average Bonchev–Trinajstić information content (AvgIpc) is 2.47. The van der Waals surface area contributed by atoms with Crippen molar-refractivity contribution in [2.75, 3.05) is 31.2 Å². The molecule has 0 aliphatic heterocycles. The number of anilines is 1. The van der Waals surface area contributed by atoms with E-state index >= 15 is 0 Å². The lowest BCUT2D eigenvalue weighted by molar-refractivity contribution is 0.146. The third-order valence-corrected chi connectivity index (χ3v) is 3.02. The van der Waals surface area contributed by atoms with E-state index in [9.17, 15) is 0 Å². The molecule has 0 saturated heterocycles. The molecule has 0 saturated carbocycles. The highest BCUT2D eigenvalue weighted by atomic mass is 16.5. The monoisotopic (exact) mass is 278 g/mol. The van der Waals surface area contributed by atoms with Crippen molar-refractivity contribution >= 4 is 11.6 Å². The van der Waals surface area contributed by atoms with Gasteiger partial charge in [0.2, 0.25) is 5.96 Å². The number of rotatable bonds is 7. The molecule has 0 heterocycles. The Morgan fingerprint density at radius 3 is 2.70 bits per heavy atom. The molecule has 0 aromatic heterocycles. The molecule has 0 aliphatic rings. The van der Waals surface area contributed by atoms with E-state index in [-0.39, 0.29) is 0 Å². The van der Waals surface area contributed by atoms with Gasteiger partial charge < -0.3 is 9.64 Å². The summed E-state index contributed by atoms with van der Waals surface area (Å²) >= 11 is 0. The number of nitrogens with two attached hydrogens (primary N) is 1. The minimum atomic E-state index is 0.693. The molecule has 0 fully saturated rings. The zero-order valence-corrected chi connectivity index (χ0v) is 12.7. The lowest BCUT2D eigenvalue weighted by Crippen LogP contribution is -2.45. The second-order valence-electron chi connectivity index (χ2n) is 4.43. The van der Waals surface area contributed by atoms with Crippen LogP contribution in [-0.2, 0) is 4.74 Å². The normalized spacial score (nSPS) is 11.5. The highest BCUT2D eigenvalue weighted by molar-refractivity contribution is 5.96. The van der Waals surface area contributed by atoms with Crippen molar-refractivity contribution in [1.82, 2.24) is 5.43 Å². The Hall–Kier alpha value is -1.59. The van der Waals surface area contributed by atoms with Crippen LogP contribution in [0.25, 0.3) is 0 Å². The molecule has 0 atom stereocenters. The molecule has 112 valence electrons. The number of ether oxygens (including phenoxy) is 1. The standard InChI is InChI=1S/C15H26N4O/c1-4-19(14-10-7-6-9-13(14)3)15(18-16)17-11-8-12-20-5-2/h6-7,9-10H,4-5,8,11-12,16H2,1-3H3,(H,17,18). The van der Waals surface area contributed by atoms with E-state index < -0.39 is 0 Å². The first-order valence-electron chi connectivity index (χ1n) is 7.16. The molecule has 1 aromatic carbocycles. The van der Waals surface area contributed by atoms with Gasteiger partial charge in [-0.2, -0.15) is 0 Å². The van der Waals surface area contributed by atoms with Gasteiger partial charge in [0.1, 0.15) is 0 Å². The van der Waals surface area contributed by atoms with Gasteiger partial charge in [-0.15, -0.1) is 0 Å². The number of guanidine groups is 1. The Morgan fingerprint density at radius 1 is 1.35 bits per heavy atom. The van der Waals surface area contributed by atoms with Gasteiger partial charge >= 0.3 is 0 Å². The number of aryl methyl sites for hydroxylation is 1. The smallest absolute Gasteiger partial charge is 0.212 e. The summed E-state index contributed by atoms with van der Waals surface area (Å²) in [5.41, 5.74) is 5.03. The third kappa shape index (κ3) is 4.83. The molecule has 0 spiro atoms. The lowest BCUT2D eigenvalue weighted by Gasteiger charge is -2.25. The minimum absolute atomic E-state index is 0.693. The average molecular weight is 278 g/mol. The van der Waals surface area contributed by atoms with Crippen LogP contribution in [0.5, 0.6) is 0 Å². The Balaban J connectivity index is 2.74. The molecule has 0 bridgehead atoms. The second-order valence-corrected chi connectivity index (χ2v) is 4.43. The van der Waals surface area contributed by atoms with Gasteiger partial charge in [-0.25, -0.2) is 5.84 Å². The highest BCUT2D eigenvalue weighted by Crippen LogP contribution is 2.19. The van der Waals surface area contributed by atoms with Gasteiger partial charge in [-0.1, -0.05) is 18.2 Å². The van der Waals surface area contributed by atoms with Crippen LogP contribution in [0.2, 0.25) is 0 Å². The number of benzene rings is 1. The molecule has 0 unspecified atom stereocenters. The maximum atomic E-state index is 5.62. The van der Waals surface area contributed by atoms with Gasteiger partial charge in [-0.05, 0) is 38.8 Å². The van der Waals surface area contributed by atoms with Crippen molar-refractivity contribution in [2.45, 2.75) is 27.2 Å². The predicted octanol–water partition coefficient (Wildman–Crippen LogP) is 2.07. The Labute approximate surface area is 121 Å². The first-order chi connectivity index (χ1) is 9.74. The number of para-hydroxylation sites is 1. The summed E-state index contributed by atoms with van der Waals surface area (Å²) in [7, 11) is 0. The summed E-state index contributed by atoms with van der Waals surface area (Å²) < 4.78 is 5.30. The summed E-state index contributed by atoms with van der Waals surface area (Å²) in [6.07, 6.45) is 0.893. The Morgan fingerprint density at radius 2 is 2.10 bits per heavy atom. The van der Waals surface area contributed by atoms with Crippen LogP contribution in [0, 0.1) is 6.92 Å². The molecular weight excluding hydrogens is 252 g/mol.